The van der Waals surface area contributed by atoms with Crippen LogP contribution in [-0.4, -0.2) is 67.4 Å². The van der Waals surface area contributed by atoms with E-state index < -0.39 is 21.1 Å². The SMILES string of the molecule is O=C1CCCN1CC[C@H]1CCOC12CN(S(=O)(=O)C(F)(F)F)C2. The highest BCUT2D eigenvalue weighted by Crippen LogP contribution is 2.45. The molecule has 3 heterocycles. The van der Waals surface area contributed by atoms with Crippen LogP contribution in [0.5, 0.6) is 0 Å². The zero-order valence-corrected chi connectivity index (χ0v) is 13.3. The second-order valence-corrected chi connectivity index (χ2v) is 8.32. The van der Waals surface area contributed by atoms with Crippen molar-refractivity contribution in [2.45, 2.75) is 36.8 Å². The van der Waals surface area contributed by atoms with Crippen LogP contribution in [0, 0.1) is 5.92 Å². The summed E-state index contributed by atoms with van der Waals surface area (Å²) in [4.78, 5) is 13.4. The monoisotopic (exact) mass is 356 g/mol. The van der Waals surface area contributed by atoms with E-state index in [2.05, 4.69) is 0 Å². The van der Waals surface area contributed by atoms with Crippen molar-refractivity contribution < 1.29 is 31.1 Å². The number of nitrogens with zero attached hydrogens (tertiary/aromatic N) is 2. The van der Waals surface area contributed by atoms with Crippen molar-refractivity contribution in [1.82, 2.24) is 9.21 Å². The minimum Gasteiger partial charge on any atom is -0.372 e. The van der Waals surface area contributed by atoms with Gasteiger partial charge in [0.1, 0.15) is 0 Å². The van der Waals surface area contributed by atoms with Gasteiger partial charge >= 0.3 is 15.5 Å². The van der Waals surface area contributed by atoms with Gasteiger partial charge in [0.15, 0.2) is 0 Å². The van der Waals surface area contributed by atoms with Crippen LogP contribution >= 0.6 is 0 Å². The molecule has 6 nitrogen and oxygen atoms in total. The molecule has 0 N–H and O–H groups in total. The molecule has 0 saturated carbocycles. The number of sulfonamides is 1. The first-order chi connectivity index (χ1) is 10.7. The van der Waals surface area contributed by atoms with Gasteiger partial charge in [-0.1, -0.05) is 0 Å². The van der Waals surface area contributed by atoms with Gasteiger partial charge in [-0.15, -0.1) is 0 Å². The molecule has 3 saturated heterocycles. The summed E-state index contributed by atoms with van der Waals surface area (Å²) in [7, 11) is -5.28. The predicted octanol–water partition coefficient (Wildman–Crippen LogP) is 0.939. The summed E-state index contributed by atoms with van der Waals surface area (Å²) in [6.45, 7) is 1.17. The quantitative estimate of drug-likeness (QED) is 0.752. The van der Waals surface area contributed by atoms with Gasteiger partial charge in [0.05, 0.1) is 5.60 Å². The third-order valence-corrected chi connectivity index (χ3v) is 6.56. The fraction of sp³-hybridized carbons (Fsp3) is 0.923. The molecule has 0 unspecified atom stereocenters. The number of halogens is 3. The summed E-state index contributed by atoms with van der Waals surface area (Å²) in [5.74, 6) is 0.0865. The van der Waals surface area contributed by atoms with Crippen molar-refractivity contribution in [2.24, 2.45) is 5.92 Å². The average Bonchev–Trinajstić information content (AvgIpc) is 2.99. The maximum Gasteiger partial charge on any atom is 0.511 e. The number of rotatable bonds is 4. The minimum absolute atomic E-state index is 0.0180. The van der Waals surface area contributed by atoms with Gasteiger partial charge in [0.25, 0.3) is 0 Å². The van der Waals surface area contributed by atoms with Crippen molar-refractivity contribution >= 4 is 15.9 Å². The first kappa shape index (κ1) is 17.0. The molecular weight excluding hydrogens is 337 g/mol. The number of hydrogen-bond donors (Lipinski definition) is 0. The van der Waals surface area contributed by atoms with Gasteiger partial charge in [0.2, 0.25) is 5.91 Å². The Kier molecular flexibility index (Phi) is 4.13. The maximum atomic E-state index is 12.6. The smallest absolute Gasteiger partial charge is 0.372 e. The lowest BCUT2D eigenvalue weighted by Crippen LogP contribution is -2.67. The van der Waals surface area contributed by atoms with E-state index in [0.717, 1.165) is 6.42 Å². The molecule has 10 heteroatoms. The molecule has 0 aromatic heterocycles. The summed E-state index contributed by atoms with van der Waals surface area (Å²) in [6, 6.07) is 0. The molecule has 3 fully saturated rings. The lowest BCUT2D eigenvalue weighted by atomic mass is 9.80. The maximum absolute atomic E-state index is 12.6. The molecule has 23 heavy (non-hydrogen) atoms. The second kappa shape index (κ2) is 5.59. The number of likely N-dealkylation sites (tertiary alicyclic amines) is 1. The molecule has 3 rings (SSSR count). The summed E-state index contributed by atoms with van der Waals surface area (Å²) >= 11 is 0. The first-order valence-electron chi connectivity index (χ1n) is 7.64. The topological polar surface area (TPSA) is 66.9 Å². The Bertz CT molecular complexity index is 587. The lowest BCUT2D eigenvalue weighted by molar-refractivity contribution is -0.129. The van der Waals surface area contributed by atoms with Crippen LogP contribution in [0.4, 0.5) is 13.2 Å². The van der Waals surface area contributed by atoms with Gasteiger partial charge < -0.3 is 9.64 Å². The van der Waals surface area contributed by atoms with Crippen molar-refractivity contribution in [2.75, 3.05) is 32.8 Å². The van der Waals surface area contributed by atoms with Gasteiger partial charge in [-0.3, -0.25) is 4.79 Å². The molecule has 0 aromatic rings. The third kappa shape index (κ3) is 2.85. The molecule has 1 amide bonds. The summed E-state index contributed by atoms with van der Waals surface area (Å²) in [5, 5.41) is 0. The van der Waals surface area contributed by atoms with Crippen LogP contribution in [0.2, 0.25) is 0 Å². The van der Waals surface area contributed by atoms with E-state index in [1.54, 1.807) is 4.90 Å². The van der Waals surface area contributed by atoms with E-state index in [0.29, 0.717) is 43.3 Å². The molecule has 132 valence electrons. The molecule has 3 aliphatic rings. The van der Waals surface area contributed by atoms with Crippen LogP contribution in [0.15, 0.2) is 0 Å². The van der Waals surface area contributed by atoms with Gasteiger partial charge in [-0.25, -0.2) is 8.42 Å². The van der Waals surface area contributed by atoms with Crippen LogP contribution in [0.1, 0.15) is 25.7 Å². The van der Waals surface area contributed by atoms with Crippen molar-refractivity contribution in [1.29, 1.82) is 0 Å². The van der Waals surface area contributed by atoms with Crippen molar-refractivity contribution in [3.63, 3.8) is 0 Å². The lowest BCUT2D eigenvalue weighted by Gasteiger charge is -2.49. The molecular formula is C13H19F3N2O4S. The van der Waals surface area contributed by atoms with Gasteiger partial charge in [-0.05, 0) is 25.2 Å². The molecule has 0 aliphatic carbocycles. The Morgan fingerprint density at radius 3 is 2.57 bits per heavy atom. The Balaban J connectivity index is 1.59. The van der Waals surface area contributed by atoms with Crippen molar-refractivity contribution in [3.8, 4) is 0 Å². The van der Waals surface area contributed by atoms with E-state index >= 15 is 0 Å². The van der Waals surface area contributed by atoms with Crippen LogP contribution in [0.3, 0.4) is 0 Å². The summed E-state index contributed by atoms with van der Waals surface area (Å²) in [5.41, 5.74) is -6.09. The fourth-order valence-electron chi connectivity index (χ4n) is 3.66. The van der Waals surface area contributed by atoms with E-state index in [4.69, 9.17) is 4.74 Å². The molecule has 3 aliphatic heterocycles. The third-order valence-electron chi connectivity index (χ3n) is 5.04. The zero-order valence-electron chi connectivity index (χ0n) is 12.5. The van der Waals surface area contributed by atoms with Crippen LogP contribution < -0.4 is 0 Å². The van der Waals surface area contributed by atoms with Crippen LogP contribution in [0.25, 0.3) is 0 Å². The van der Waals surface area contributed by atoms with Gasteiger partial charge in [0, 0.05) is 39.2 Å². The standard InChI is InChI=1S/C13H19F3N2O4S/c14-13(15,16)23(20,21)18-8-12(9-18)10(4-7-22-12)3-6-17-5-1-2-11(17)19/h10H,1-9H2/t10-/m0/s1. The highest BCUT2D eigenvalue weighted by Gasteiger charge is 2.61. The molecule has 0 bridgehead atoms. The number of amides is 1. The summed E-state index contributed by atoms with van der Waals surface area (Å²) in [6.07, 6.45) is 2.69. The van der Waals surface area contributed by atoms with E-state index in [1.165, 1.54) is 0 Å². The van der Waals surface area contributed by atoms with E-state index in [-0.39, 0.29) is 24.9 Å². The number of carbonyl (C=O) groups is 1. The Hall–Kier alpha value is -0.870. The largest absolute Gasteiger partial charge is 0.511 e. The normalized spacial score (nSPS) is 28.6. The van der Waals surface area contributed by atoms with Crippen molar-refractivity contribution in [3.05, 3.63) is 0 Å². The van der Waals surface area contributed by atoms with Gasteiger partial charge in [-0.2, -0.15) is 17.5 Å². The zero-order chi connectivity index (χ0) is 16.9. The van der Waals surface area contributed by atoms with Crippen LogP contribution in [-0.2, 0) is 19.6 Å². The average molecular weight is 356 g/mol. The fourth-order valence-corrected chi connectivity index (χ4v) is 4.73. The Morgan fingerprint density at radius 2 is 2.00 bits per heavy atom. The number of ether oxygens (including phenoxy) is 1. The van der Waals surface area contributed by atoms with E-state index in [1.807, 2.05) is 0 Å². The highest BCUT2D eigenvalue weighted by molar-refractivity contribution is 7.90. The molecule has 0 aromatic carbocycles. The minimum atomic E-state index is -5.28. The first-order valence-corrected chi connectivity index (χ1v) is 9.08. The summed E-state index contributed by atoms with van der Waals surface area (Å²) < 4.78 is 66.5. The number of carbonyl (C=O) groups excluding carboxylic acids is 1. The Morgan fingerprint density at radius 1 is 1.30 bits per heavy atom. The second-order valence-electron chi connectivity index (χ2n) is 6.39. The molecule has 1 atom stereocenters. The number of alkyl halides is 3. The highest BCUT2D eigenvalue weighted by atomic mass is 32.2. The number of hydrogen-bond acceptors (Lipinski definition) is 4. The molecule has 0 radical (unpaired) electrons. The molecule has 1 spiro atoms. The van der Waals surface area contributed by atoms with E-state index in [9.17, 15) is 26.4 Å². The predicted molar refractivity (Wildman–Crippen MR) is 73.8 cm³/mol. The Labute approximate surface area is 132 Å².